The van der Waals surface area contributed by atoms with Gasteiger partial charge in [-0.1, -0.05) is 47.7 Å². The lowest BCUT2D eigenvalue weighted by molar-refractivity contribution is -0.132. The van der Waals surface area contributed by atoms with Crippen LogP contribution in [0.2, 0.25) is 0 Å². The summed E-state index contributed by atoms with van der Waals surface area (Å²) >= 11 is 1.24. The van der Waals surface area contributed by atoms with Crippen molar-refractivity contribution in [2.45, 2.75) is 19.6 Å². The molecule has 1 fully saturated rings. The van der Waals surface area contributed by atoms with E-state index in [0.29, 0.717) is 77.0 Å². The average Bonchev–Trinajstić information content (AvgIpc) is 3.64. The van der Waals surface area contributed by atoms with Gasteiger partial charge < -0.3 is 28.8 Å². The lowest BCUT2D eigenvalue weighted by Crippen LogP contribution is -2.29. The minimum atomic E-state index is -1.03. The topological polar surface area (TPSA) is 117 Å². The smallest absolute Gasteiger partial charge is 0.301 e. The van der Waals surface area contributed by atoms with Crippen LogP contribution >= 0.6 is 11.3 Å². The molecule has 1 atom stereocenters. The van der Waals surface area contributed by atoms with Crippen molar-refractivity contribution in [1.82, 2.24) is 4.98 Å². The number of ketones is 1. The van der Waals surface area contributed by atoms with Crippen LogP contribution in [0.1, 0.15) is 29.7 Å². The third-order valence-electron chi connectivity index (χ3n) is 7.87. The summed E-state index contributed by atoms with van der Waals surface area (Å²) in [5.74, 6) is 0.515. The number of anilines is 1. The third kappa shape index (κ3) is 5.70. The van der Waals surface area contributed by atoms with E-state index in [1.54, 1.807) is 55.6 Å². The number of aliphatic hydroxyl groups is 1. The lowest BCUT2D eigenvalue weighted by atomic mass is 9.95. The number of hydrogen-bond donors (Lipinski definition) is 1. The number of carbonyl (C=O) groups is 2. The second-order valence-corrected chi connectivity index (χ2v) is 11.8. The Labute approximate surface area is 274 Å². The number of Topliss-reactive ketones (excluding diaryl/α,β-unsaturated/α-hetero) is 1. The first-order chi connectivity index (χ1) is 22.9. The molecule has 47 heavy (non-hydrogen) atoms. The Morgan fingerprint density at radius 2 is 1.74 bits per heavy atom. The van der Waals surface area contributed by atoms with Gasteiger partial charge in [-0.2, -0.15) is 0 Å². The Hall–Kier alpha value is -5.55. The molecule has 10 nitrogen and oxygen atoms in total. The summed E-state index contributed by atoms with van der Waals surface area (Å²) in [6, 6.07) is 24.3. The fourth-order valence-corrected chi connectivity index (χ4v) is 6.65. The highest BCUT2D eigenvalue weighted by Gasteiger charge is 2.48. The second kappa shape index (κ2) is 12.7. The van der Waals surface area contributed by atoms with E-state index in [2.05, 4.69) is 0 Å². The first kappa shape index (κ1) is 30.1. The van der Waals surface area contributed by atoms with Crippen LogP contribution in [0, 0.1) is 0 Å². The van der Waals surface area contributed by atoms with Gasteiger partial charge >= 0.3 is 5.91 Å². The van der Waals surface area contributed by atoms with Crippen LogP contribution in [0.15, 0.2) is 90.5 Å². The molecule has 5 aromatic rings. The van der Waals surface area contributed by atoms with E-state index in [1.807, 2.05) is 43.3 Å². The van der Waals surface area contributed by atoms with Gasteiger partial charge in [0.2, 0.25) is 0 Å². The molecule has 7 rings (SSSR count). The SMILES string of the molecule is CCOc1cc(C2/C(=C(/O)c3ccc4c(c3)OCCO4)C(=O)C(=O)N2c2nc3ccc(OC)cc3s2)ccc1OCc1ccccc1. The van der Waals surface area contributed by atoms with E-state index in [4.69, 9.17) is 28.7 Å². The van der Waals surface area contributed by atoms with Crippen LogP contribution in [0.5, 0.6) is 28.7 Å². The number of aromatic nitrogens is 1. The predicted octanol–water partition coefficient (Wildman–Crippen LogP) is 6.68. The maximum atomic E-state index is 13.9. The lowest BCUT2D eigenvalue weighted by Gasteiger charge is -2.24. The molecule has 1 amide bonds. The van der Waals surface area contributed by atoms with E-state index in [9.17, 15) is 14.7 Å². The van der Waals surface area contributed by atoms with E-state index in [1.165, 1.54) is 16.2 Å². The highest BCUT2D eigenvalue weighted by molar-refractivity contribution is 7.22. The van der Waals surface area contributed by atoms with Crippen LogP contribution < -0.4 is 28.6 Å². The predicted molar refractivity (Wildman–Crippen MR) is 177 cm³/mol. The third-order valence-corrected chi connectivity index (χ3v) is 8.89. The summed E-state index contributed by atoms with van der Waals surface area (Å²) in [6.45, 7) is 3.28. The van der Waals surface area contributed by atoms with Gasteiger partial charge in [-0.05, 0) is 66.6 Å². The summed E-state index contributed by atoms with van der Waals surface area (Å²) in [7, 11) is 1.57. The Morgan fingerprint density at radius 3 is 2.53 bits per heavy atom. The van der Waals surface area contributed by atoms with Gasteiger partial charge in [0.25, 0.3) is 5.78 Å². The van der Waals surface area contributed by atoms with Gasteiger partial charge in [0.1, 0.15) is 31.3 Å². The number of fused-ring (bicyclic) bond motifs is 2. The zero-order chi connectivity index (χ0) is 32.5. The van der Waals surface area contributed by atoms with Crippen LogP contribution in [0.25, 0.3) is 16.0 Å². The van der Waals surface area contributed by atoms with Gasteiger partial charge in [0, 0.05) is 5.56 Å². The molecular weight excluding hydrogens is 620 g/mol. The normalized spacial score (nSPS) is 16.8. The molecule has 0 aliphatic carbocycles. The number of thiazole rings is 1. The summed E-state index contributed by atoms with van der Waals surface area (Å²) in [5.41, 5.74) is 2.36. The molecular formula is C36H30N2O8S. The van der Waals surface area contributed by atoms with Crippen molar-refractivity contribution in [3.8, 4) is 28.7 Å². The van der Waals surface area contributed by atoms with Crippen molar-refractivity contribution >= 4 is 44.1 Å². The van der Waals surface area contributed by atoms with Crippen molar-refractivity contribution < 1.29 is 38.4 Å². The molecule has 0 saturated carbocycles. The average molecular weight is 651 g/mol. The zero-order valence-corrected chi connectivity index (χ0v) is 26.4. The van der Waals surface area contributed by atoms with Crippen molar-refractivity contribution in [2.75, 3.05) is 31.8 Å². The Balaban J connectivity index is 1.36. The zero-order valence-electron chi connectivity index (χ0n) is 25.6. The van der Waals surface area contributed by atoms with Crippen molar-refractivity contribution in [3.63, 3.8) is 0 Å². The van der Waals surface area contributed by atoms with Gasteiger partial charge in [-0.25, -0.2) is 4.98 Å². The number of carbonyl (C=O) groups excluding carboxylic acids is 2. The summed E-state index contributed by atoms with van der Waals surface area (Å²) < 4.78 is 29.6. The number of rotatable bonds is 9. The van der Waals surface area contributed by atoms with Crippen LogP contribution in [0.4, 0.5) is 5.13 Å². The van der Waals surface area contributed by atoms with Crippen molar-refractivity contribution in [1.29, 1.82) is 0 Å². The first-order valence-corrected chi connectivity index (χ1v) is 15.9. The summed E-state index contributed by atoms with van der Waals surface area (Å²) in [6.07, 6.45) is 0. The fraction of sp³-hybridized carbons (Fsp3) is 0.194. The van der Waals surface area contributed by atoms with Gasteiger partial charge in [-0.15, -0.1) is 0 Å². The number of methoxy groups -OCH3 is 1. The van der Waals surface area contributed by atoms with Gasteiger partial charge in [-0.3, -0.25) is 14.5 Å². The Bertz CT molecular complexity index is 2020. The quantitative estimate of drug-likeness (QED) is 0.106. The molecule has 2 aliphatic heterocycles. The number of aliphatic hydroxyl groups excluding tert-OH is 1. The standard InChI is InChI=1S/C36H30N2O8S/c1-3-43-28-17-22(9-13-27(28)46-20-21-7-5-4-6-8-21)32-31(33(39)23-10-14-26-29(18-23)45-16-15-44-26)34(40)35(41)38(32)36-37-25-12-11-24(42-2)19-30(25)47-36/h4-14,17-19,32,39H,3,15-16,20H2,1-2H3/b33-31-. The molecule has 2 aliphatic rings. The minimum Gasteiger partial charge on any atom is -0.507 e. The molecule has 238 valence electrons. The molecule has 1 N–H and O–H groups in total. The number of amides is 1. The van der Waals surface area contributed by atoms with Crippen molar-refractivity contribution in [2.24, 2.45) is 0 Å². The van der Waals surface area contributed by atoms with Gasteiger partial charge in [0.15, 0.2) is 28.1 Å². The maximum Gasteiger partial charge on any atom is 0.301 e. The largest absolute Gasteiger partial charge is 0.507 e. The van der Waals surface area contributed by atoms with Gasteiger partial charge in [0.05, 0.1) is 35.5 Å². The summed E-state index contributed by atoms with van der Waals surface area (Å²) in [5, 5.41) is 12.0. The first-order valence-electron chi connectivity index (χ1n) is 15.0. The van der Waals surface area contributed by atoms with E-state index in [0.717, 1.165) is 10.3 Å². The van der Waals surface area contributed by atoms with Crippen LogP contribution in [-0.2, 0) is 16.2 Å². The van der Waals surface area contributed by atoms with Crippen LogP contribution in [-0.4, -0.2) is 48.7 Å². The molecule has 0 radical (unpaired) electrons. The van der Waals surface area contributed by atoms with Crippen molar-refractivity contribution in [3.05, 3.63) is 107 Å². The Kier molecular flexibility index (Phi) is 8.13. The Morgan fingerprint density at radius 1 is 0.936 bits per heavy atom. The van der Waals surface area contributed by atoms with Crippen LogP contribution in [0.3, 0.4) is 0 Å². The van der Waals surface area contributed by atoms with E-state index >= 15 is 0 Å². The molecule has 0 spiro atoms. The van der Waals surface area contributed by atoms with E-state index < -0.39 is 17.7 Å². The monoisotopic (exact) mass is 650 g/mol. The molecule has 3 heterocycles. The second-order valence-electron chi connectivity index (χ2n) is 10.8. The van der Waals surface area contributed by atoms with E-state index in [-0.39, 0.29) is 11.3 Å². The molecule has 11 heteroatoms. The number of nitrogens with zero attached hydrogens (tertiary/aromatic N) is 2. The fourth-order valence-electron chi connectivity index (χ4n) is 5.63. The number of benzene rings is 4. The molecule has 0 bridgehead atoms. The highest BCUT2D eigenvalue weighted by Crippen LogP contribution is 2.47. The minimum absolute atomic E-state index is 0.0936. The highest BCUT2D eigenvalue weighted by atomic mass is 32.1. The number of ether oxygens (including phenoxy) is 5. The number of hydrogen-bond acceptors (Lipinski definition) is 10. The molecule has 1 saturated heterocycles. The molecule has 4 aromatic carbocycles. The maximum absolute atomic E-state index is 13.9. The molecule has 1 aromatic heterocycles. The summed E-state index contributed by atoms with van der Waals surface area (Å²) in [4.78, 5) is 33.8. The molecule has 1 unspecified atom stereocenters.